The quantitative estimate of drug-likeness (QED) is 0.677. The fourth-order valence-electron chi connectivity index (χ4n) is 1.28. The van der Waals surface area contributed by atoms with Gasteiger partial charge >= 0.3 is 0 Å². The van der Waals surface area contributed by atoms with Crippen LogP contribution >= 0.6 is 0 Å². The first-order chi connectivity index (χ1) is 6.59. The molecule has 4 nitrogen and oxygen atoms in total. The predicted molar refractivity (Wildman–Crippen MR) is 44.7 cm³/mol. The van der Waals surface area contributed by atoms with Crippen molar-refractivity contribution < 1.29 is 18.4 Å². The minimum atomic E-state index is -2.53. The van der Waals surface area contributed by atoms with E-state index in [1.165, 1.54) is 0 Å². The first-order valence-electron chi connectivity index (χ1n) is 4.42. The number of nitrogens with one attached hydrogen (secondary N) is 2. The molecule has 0 spiro atoms. The summed E-state index contributed by atoms with van der Waals surface area (Å²) in [5, 5.41) is 4.64. The standard InChI is InChI=1S/C8H12F2N2O2/c9-6(10)4-12-8(14)5-1-2-7(13)11-3-5/h5-6H,1-4H2,(H,11,13)(H,12,14). The minimum absolute atomic E-state index is 0.0945. The SMILES string of the molecule is O=C1CCC(C(=O)NCC(F)F)CN1. The van der Waals surface area contributed by atoms with E-state index in [1.807, 2.05) is 0 Å². The first kappa shape index (κ1) is 10.9. The fourth-order valence-corrected chi connectivity index (χ4v) is 1.28. The molecule has 0 aromatic carbocycles. The van der Waals surface area contributed by atoms with Crippen LogP contribution in [0.3, 0.4) is 0 Å². The molecule has 2 amide bonds. The van der Waals surface area contributed by atoms with Crippen molar-refractivity contribution in [2.75, 3.05) is 13.1 Å². The van der Waals surface area contributed by atoms with Crippen molar-refractivity contribution in [3.63, 3.8) is 0 Å². The third-order valence-electron chi connectivity index (χ3n) is 2.07. The molecule has 1 saturated heterocycles. The number of rotatable bonds is 3. The Balaban J connectivity index is 2.27. The van der Waals surface area contributed by atoms with Gasteiger partial charge in [0.25, 0.3) is 6.43 Å². The maximum absolute atomic E-state index is 11.7. The van der Waals surface area contributed by atoms with Crippen LogP contribution in [0, 0.1) is 5.92 Å². The molecule has 0 aromatic heterocycles. The largest absolute Gasteiger partial charge is 0.355 e. The zero-order valence-corrected chi connectivity index (χ0v) is 7.56. The van der Waals surface area contributed by atoms with Crippen LogP contribution in [-0.2, 0) is 9.59 Å². The maximum atomic E-state index is 11.7. The molecule has 0 aliphatic carbocycles. The van der Waals surface area contributed by atoms with Crippen LogP contribution in [0.4, 0.5) is 8.78 Å². The zero-order chi connectivity index (χ0) is 10.6. The average molecular weight is 206 g/mol. The lowest BCUT2D eigenvalue weighted by atomic mass is 9.98. The summed E-state index contributed by atoms with van der Waals surface area (Å²) in [7, 11) is 0. The number of piperidine rings is 1. The van der Waals surface area contributed by atoms with Gasteiger partial charge in [-0.15, -0.1) is 0 Å². The molecule has 0 saturated carbocycles. The molecule has 0 radical (unpaired) electrons. The van der Waals surface area contributed by atoms with Crippen molar-refractivity contribution in [2.24, 2.45) is 5.92 Å². The topological polar surface area (TPSA) is 58.2 Å². The molecule has 1 aliphatic heterocycles. The van der Waals surface area contributed by atoms with Gasteiger partial charge in [0.05, 0.1) is 12.5 Å². The highest BCUT2D eigenvalue weighted by molar-refractivity contribution is 5.83. The Labute approximate surface area is 80.0 Å². The van der Waals surface area contributed by atoms with Crippen molar-refractivity contribution in [3.8, 4) is 0 Å². The van der Waals surface area contributed by atoms with Gasteiger partial charge in [-0.05, 0) is 6.42 Å². The summed E-state index contributed by atoms with van der Waals surface area (Å²) in [5.74, 6) is -0.875. The molecule has 1 heterocycles. The van der Waals surface area contributed by atoms with Gasteiger partial charge in [-0.3, -0.25) is 9.59 Å². The van der Waals surface area contributed by atoms with Crippen LogP contribution in [0.5, 0.6) is 0 Å². The van der Waals surface area contributed by atoms with Crippen molar-refractivity contribution >= 4 is 11.8 Å². The molecule has 1 atom stereocenters. The molecule has 1 aliphatic rings. The highest BCUT2D eigenvalue weighted by Gasteiger charge is 2.24. The summed E-state index contributed by atoms with van der Waals surface area (Å²) < 4.78 is 23.5. The van der Waals surface area contributed by atoms with Crippen LogP contribution in [0.25, 0.3) is 0 Å². The summed E-state index contributed by atoms with van der Waals surface area (Å²) in [6, 6.07) is 0. The van der Waals surface area contributed by atoms with Crippen LogP contribution in [-0.4, -0.2) is 31.3 Å². The summed E-state index contributed by atoms with van der Waals surface area (Å²) in [6.07, 6.45) is -1.81. The summed E-state index contributed by atoms with van der Waals surface area (Å²) >= 11 is 0. The van der Waals surface area contributed by atoms with Crippen molar-refractivity contribution in [2.45, 2.75) is 19.3 Å². The smallest absolute Gasteiger partial charge is 0.255 e. The molecular weight excluding hydrogens is 194 g/mol. The van der Waals surface area contributed by atoms with E-state index in [4.69, 9.17) is 0 Å². The Bertz CT molecular complexity index is 223. The molecule has 0 aromatic rings. The van der Waals surface area contributed by atoms with Gasteiger partial charge in [0, 0.05) is 13.0 Å². The number of amides is 2. The van der Waals surface area contributed by atoms with Gasteiger partial charge in [-0.25, -0.2) is 8.78 Å². The first-order valence-corrected chi connectivity index (χ1v) is 4.42. The van der Waals surface area contributed by atoms with E-state index in [9.17, 15) is 18.4 Å². The Morgan fingerprint density at radius 2 is 2.36 bits per heavy atom. The lowest BCUT2D eigenvalue weighted by Crippen LogP contribution is -2.43. The van der Waals surface area contributed by atoms with E-state index in [2.05, 4.69) is 10.6 Å². The molecule has 80 valence electrons. The summed E-state index contributed by atoms with van der Waals surface area (Å²) in [5.41, 5.74) is 0. The van der Waals surface area contributed by atoms with Crippen LogP contribution in [0.2, 0.25) is 0 Å². The van der Waals surface area contributed by atoms with Gasteiger partial charge in [0.2, 0.25) is 11.8 Å². The molecule has 2 N–H and O–H groups in total. The van der Waals surface area contributed by atoms with Crippen molar-refractivity contribution in [3.05, 3.63) is 0 Å². The van der Waals surface area contributed by atoms with E-state index in [-0.39, 0.29) is 24.8 Å². The second-order valence-corrected chi connectivity index (χ2v) is 3.18. The molecule has 0 bridgehead atoms. The lowest BCUT2D eigenvalue weighted by Gasteiger charge is -2.21. The number of hydrogen-bond donors (Lipinski definition) is 2. The molecule has 1 rings (SSSR count). The third-order valence-corrected chi connectivity index (χ3v) is 2.07. The Kier molecular flexibility index (Phi) is 3.79. The number of carbonyl (C=O) groups excluding carboxylic acids is 2. The number of alkyl halides is 2. The normalized spacial score (nSPS) is 21.9. The van der Waals surface area contributed by atoms with Gasteiger partial charge < -0.3 is 10.6 Å². The highest BCUT2D eigenvalue weighted by Crippen LogP contribution is 2.10. The zero-order valence-electron chi connectivity index (χ0n) is 7.56. The molecule has 1 fully saturated rings. The van der Waals surface area contributed by atoms with Crippen molar-refractivity contribution in [1.29, 1.82) is 0 Å². The van der Waals surface area contributed by atoms with E-state index in [0.29, 0.717) is 6.42 Å². The molecule has 6 heteroatoms. The second-order valence-electron chi connectivity index (χ2n) is 3.18. The monoisotopic (exact) mass is 206 g/mol. The number of carbonyl (C=O) groups is 2. The Hall–Kier alpha value is -1.20. The van der Waals surface area contributed by atoms with Gasteiger partial charge in [0.15, 0.2) is 0 Å². The lowest BCUT2D eigenvalue weighted by molar-refractivity contribution is -0.129. The van der Waals surface area contributed by atoms with E-state index in [1.54, 1.807) is 0 Å². The maximum Gasteiger partial charge on any atom is 0.255 e. The van der Waals surface area contributed by atoms with Crippen LogP contribution < -0.4 is 10.6 Å². The molecular formula is C8H12F2N2O2. The van der Waals surface area contributed by atoms with E-state index in [0.717, 1.165) is 0 Å². The Morgan fingerprint density at radius 3 is 2.86 bits per heavy atom. The fraction of sp³-hybridized carbons (Fsp3) is 0.750. The average Bonchev–Trinajstić information content (AvgIpc) is 2.15. The van der Waals surface area contributed by atoms with Crippen LogP contribution in [0.15, 0.2) is 0 Å². The molecule has 1 unspecified atom stereocenters. The summed E-state index contributed by atoms with van der Waals surface area (Å²) in [4.78, 5) is 21.9. The predicted octanol–water partition coefficient (Wildman–Crippen LogP) is -0.106. The van der Waals surface area contributed by atoms with Gasteiger partial charge in [0.1, 0.15) is 0 Å². The molecule has 14 heavy (non-hydrogen) atoms. The Morgan fingerprint density at radius 1 is 1.64 bits per heavy atom. The third kappa shape index (κ3) is 3.27. The number of halogens is 2. The van der Waals surface area contributed by atoms with E-state index < -0.39 is 18.9 Å². The van der Waals surface area contributed by atoms with Crippen LogP contribution in [0.1, 0.15) is 12.8 Å². The van der Waals surface area contributed by atoms with Crippen molar-refractivity contribution in [1.82, 2.24) is 10.6 Å². The highest BCUT2D eigenvalue weighted by atomic mass is 19.3. The van der Waals surface area contributed by atoms with Gasteiger partial charge in [-0.2, -0.15) is 0 Å². The van der Waals surface area contributed by atoms with Gasteiger partial charge in [-0.1, -0.05) is 0 Å². The minimum Gasteiger partial charge on any atom is -0.355 e. The second kappa shape index (κ2) is 4.88. The summed E-state index contributed by atoms with van der Waals surface area (Å²) in [6.45, 7) is -0.378. The van der Waals surface area contributed by atoms with E-state index >= 15 is 0 Å². The number of hydrogen-bond acceptors (Lipinski definition) is 2.